The molecule has 28 heavy (non-hydrogen) atoms. The van der Waals surface area contributed by atoms with Gasteiger partial charge in [-0.05, 0) is 36.2 Å². The van der Waals surface area contributed by atoms with Gasteiger partial charge in [0.2, 0.25) is 0 Å². The van der Waals surface area contributed by atoms with Gasteiger partial charge in [0.15, 0.2) is 5.96 Å². The second kappa shape index (κ2) is 9.99. The highest BCUT2D eigenvalue weighted by Gasteiger charge is 2.18. The van der Waals surface area contributed by atoms with E-state index in [0.29, 0.717) is 19.7 Å². The number of ether oxygens (including phenoxy) is 3. The van der Waals surface area contributed by atoms with Gasteiger partial charge in [0, 0.05) is 32.1 Å². The van der Waals surface area contributed by atoms with Gasteiger partial charge in [-0.25, -0.2) is 0 Å². The molecule has 0 amide bonds. The minimum absolute atomic E-state index is 0.132. The van der Waals surface area contributed by atoms with Crippen molar-refractivity contribution >= 4 is 5.96 Å². The molecule has 2 aromatic rings. The van der Waals surface area contributed by atoms with Crippen molar-refractivity contribution < 1.29 is 14.2 Å². The molecule has 0 radical (unpaired) electrons. The van der Waals surface area contributed by atoms with Crippen molar-refractivity contribution in [2.75, 3.05) is 27.4 Å². The monoisotopic (exact) mass is 383 g/mol. The summed E-state index contributed by atoms with van der Waals surface area (Å²) in [5.41, 5.74) is 3.44. The lowest BCUT2D eigenvalue weighted by molar-refractivity contribution is 0.140. The summed E-state index contributed by atoms with van der Waals surface area (Å²) in [6.45, 7) is 4.81. The lowest BCUT2D eigenvalue weighted by Gasteiger charge is -2.18. The molecule has 0 aromatic heterocycles. The first-order chi connectivity index (χ1) is 13.7. The molecule has 6 heteroatoms. The topological polar surface area (TPSA) is 64.1 Å². The van der Waals surface area contributed by atoms with E-state index in [9.17, 15) is 0 Å². The summed E-state index contributed by atoms with van der Waals surface area (Å²) in [5, 5.41) is 6.70. The Hall–Kier alpha value is -2.73. The minimum Gasteiger partial charge on any atom is -0.497 e. The smallest absolute Gasteiger partial charge is 0.191 e. The quantitative estimate of drug-likeness (QED) is 0.568. The zero-order valence-corrected chi connectivity index (χ0v) is 16.8. The summed E-state index contributed by atoms with van der Waals surface area (Å²) >= 11 is 0. The van der Waals surface area contributed by atoms with Crippen LogP contribution in [-0.2, 0) is 17.8 Å². The summed E-state index contributed by atoms with van der Waals surface area (Å²) in [4.78, 5) is 4.31. The molecule has 1 atom stereocenters. The van der Waals surface area contributed by atoms with Gasteiger partial charge in [0.1, 0.15) is 17.6 Å². The minimum atomic E-state index is 0.132. The van der Waals surface area contributed by atoms with Crippen molar-refractivity contribution in [1.29, 1.82) is 0 Å². The van der Waals surface area contributed by atoms with E-state index < -0.39 is 0 Å². The van der Waals surface area contributed by atoms with Gasteiger partial charge in [0.25, 0.3) is 0 Å². The van der Waals surface area contributed by atoms with Crippen LogP contribution in [0.3, 0.4) is 0 Å². The Kier molecular flexibility index (Phi) is 7.14. The molecule has 0 aliphatic carbocycles. The maximum Gasteiger partial charge on any atom is 0.191 e. The average molecular weight is 383 g/mol. The van der Waals surface area contributed by atoms with Crippen LogP contribution in [0.4, 0.5) is 0 Å². The fourth-order valence-electron chi connectivity index (χ4n) is 3.03. The zero-order valence-electron chi connectivity index (χ0n) is 16.8. The van der Waals surface area contributed by atoms with Crippen LogP contribution in [0.5, 0.6) is 11.5 Å². The number of benzene rings is 2. The molecule has 3 rings (SSSR count). The highest BCUT2D eigenvalue weighted by Crippen LogP contribution is 2.23. The zero-order chi connectivity index (χ0) is 19.8. The van der Waals surface area contributed by atoms with Crippen LogP contribution in [0, 0.1) is 6.92 Å². The summed E-state index contributed by atoms with van der Waals surface area (Å²) in [6, 6.07) is 14.3. The van der Waals surface area contributed by atoms with Crippen molar-refractivity contribution in [2.45, 2.75) is 32.5 Å². The first kappa shape index (κ1) is 20.0. The van der Waals surface area contributed by atoms with E-state index in [1.807, 2.05) is 24.3 Å². The molecule has 2 N–H and O–H groups in total. The first-order valence-electron chi connectivity index (χ1n) is 9.59. The predicted octanol–water partition coefficient (Wildman–Crippen LogP) is 3.04. The van der Waals surface area contributed by atoms with E-state index in [4.69, 9.17) is 14.2 Å². The molecule has 1 saturated heterocycles. The molecule has 0 spiro atoms. The molecule has 0 saturated carbocycles. The second-order valence-electron chi connectivity index (χ2n) is 6.84. The molecule has 1 fully saturated rings. The normalized spacial score (nSPS) is 16.7. The van der Waals surface area contributed by atoms with Crippen molar-refractivity contribution in [3.63, 3.8) is 0 Å². The molecule has 2 aromatic carbocycles. The summed E-state index contributed by atoms with van der Waals surface area (Å²) in [7, 11) is 3.44. The second-order valence-corrected chi connectivity index (χ2v) is 6.84. The number of nitrogens with zero attached hydrogens (tertiary/aromatic N) is 1. The van der Waals surface area contributed by atoms with Crippen LogP contribution in [0.25, 0.3) is 0 Å². The van der Waals surface area contributed by atoms with Crippen molar-refractivity contribution in [3.05, 3.63) is 59.2 Å². The van der Waals surface area contributed by atoms with E-state index in [0.717, 1.165) is 41.6 Å². The number of guanidine groups is 1. The molecule has 1 heterocycles. The Morgan fingerprint density at radius 3 is 2.61 bits per heavy atom. The summed E-state index contributed by atoms with van der Waals surface area (Å²) < 4.78 is 16.8. The van der Waals surface area contributed by atoms with Gasteiger partial charge in [-0.3, -0.25) is 4.99 Å². The van der Waals surface area contributed by atoms with Crippen molar-refractivity contribution in [1.82, 2.24) is 10.6 Å². The number of methoxy groups -OCH3 is 1. The number of rotatable bonds is 7. The third-order valence-corrected chi connectivity index (χ3v) is 4.69. The summed E-state index contributed by atoms with van der Waals surface area (Å²) in [5.74, 6) is 2.51. The molecule has 1 aliphatic rings. The van der Waals surface area contributed by atoms with Crippen LogP contribution >= 0.6 is 0 Å². The number of aliphatic imine (C=N–C) groups is 1. The van der Waals surface area contributed by atoms with Gasteiger partial charge in [0.05, 0.1) is 20.3 Å². The highest BCUT2D eigenvalue weighted by molar-refractivity contribution is 5.79. The van der Waals surface area contributed by atoms with Gasteiger partial charge in [-0.1, -0.05) is 24.3 Å². The van der Waals surface area contributed by atoms with E-state index in [-0.39, 0.29) is 6.10 Å². The Balaban J connectivity index is 1.56. The van der Waals surface area contributed by atoms with Crippen LogP contribution in [0.1, 0.15) is 23.1 Å². The van der Waals surface area contributed by atoms with E-state index in [1.165, 1.54) is 5.56 Å². The number of nitrogens with one attached hydrogen (secondary N) is 2. The van der Waals surface area contributed by atoms with Crippen molar-refractivity contribution in [3.8, 4) is 11.5 Å². The largest absolute Gasteiger partial charge is 0.497 e. The Morgan fingerprint density at radius 1 is 1.14 bits per heavy atom. The molecule has 1 unspecified atom stereocenters. The lowest BCUT2D eigenvalue weighted by atomic mass is 10.1. The fraction of sp³-hybridized carbons (Fsp3) is 0.409. The third-order valence-electron chi connectivity index (χ3n) is 4.69. The highest BCUT2D eigenvalue weighted by atomic mass is 16.5. The SMILES string of the molecule is CN=C(NCc1ccc(OC)cc1)NCc1ccc(C)cc1OC1CCOC1. The maximum atomic E-state index is 6.17. The predicted molar refractivity (Wildman–Crippen MR) is 111 cm³/mol. The Bertz CT molecular complexity index is 784. The lowest BCUT2D eigenvalue weighted by Crippen LogP contribution is -2.36. The van der Waals surface area contributed by atoms with Crippen LogP contribution in [0.15, 0.2) is 47.5 Å². The number of hydrogen-bond donors (Lipinski definition) is 2. The van der Waals surface area contributed by atoms with E-state index in [1.54, 1.807) is 14.2 Å². The van der Waals surface area contributed by atoms with Crippen molar-refractivity contribution in [2.24, 2.45) is 4.99 Å². The van der Waals surface area contributed by atoms with Gasteiger partial charge in [-0.2, -0.15) is 0 Å². The van der Waals surface area contributed by atoms with E-state index >= 15 is 0 Å². The van der Waals surface area contributed by atoms with Crippen LogP contribution < -0.4 is 20.1 Å². The standard InChI is InChI=1S/C22H29N3O3/c1-16-4-7-18(21(12-16)28-20-10-11-27-15-20)14-25-22(23-2)24-13-17-5-8-19(26-3)9-6-17/h4-9,12,20H,10-11,13-15H2,1-3H3,(H2,23,24,25). The molecule has 6 nitrogen and oxygen atoms in total. The van der Waals surface area contributed by atoms with Crippen LogP contribution in [0.2, 0.25) is 0 Å². The van der Waals surface area contributed by atoms with Crippen LogP contribution in [-0.4, -0.2) is 39.4 Å². The number of aryl methyl sites for hydroxylation is 1. The number of hydrogen-bond acceptors (Lipinski definition) is 4. The average Bonchev–Trinajstić information content (AvgIpc) is 3.23. The Labute approximate surface area is 166 Å². The molecule has 150 valence electrons. The van der Waals surface area contributed by atoms with Gasteiger partial charge in [-0.15, -0.1) is 0 Å². The molecular formula is C22H29N3O3. The van der Waals surface area contributed by atoms with Gasteiger partial charge < -0.3 is 24.8 Å². The van der Waals surface area contributed by atoms with E-state index in [2.05, 4.69) is 40.7 Å². The van der Waals surface area contributed by atoms with Gasteiger partial charge >= 0.3 is 0 Å². The third kappa shape index (κ3) is 5.63. The Morgan fingerprint density at radius 2 is 1.93 bits per heavy atom. The molecule has 0 bridgehead atoms. The fourth-order valence-corrected chi connectivity index (χ4v) is 3.03. The molecule has 1 aliphatic heterocycles. The summed E-state index contributed by atoms with van der Waals surface area (Å²) in [6.07, 6.45) is 1.07. The first-order valence-corrected chi connectivity index (χ1v) is 9.59. The maximum absolute atomic E-state index is 6.17. The molecular weight excluding hydrogens is 354 g/mol.